The summed E-state index contributed by atoms with van der Waals surface area (Å²) in [6, 6.07) is 14.8. The second-order valence-electron chi connectivity index (χ2n) is 7.88. The van der Waals surface area contributed by atoms with E-state index in [0.717, 1.165) is 15.7 Å². The third-order valence-electron chi connectivity index (χ3n) is 5.80. The standard InChI is InChI=1S/C25H26N4O5/c1-27-14-18(16-9-6-5-7-10-16)21-22(27)24(31)28(2)25(32)29(21)15-20(30)26-13-17-11-8-12-19(33-3)23(17)34-4/h5-12,14H,13,15H2,1-4H3,(H,26,30). The normalized spacial score (nSPS) is 10.9. The van der Waals surface area contributed by atoms with Gasteiger partial charge in [-0.1, -0.05) is 42.5 Å². The average molecular weight is 463 g/mol. The van der Waals surface area contributed by atoms with Gasteiger partial charge in [0.05, 0.1) is 19.7 Å². The number of aromatic nitrogens is 3. The Morgan fingerprint density at radius 3 is 2.35 bits per heavy atom. The van der Waals surface area contributed by atoms with Crippen molar-refractivity contribution in [2.24, 2.45) is 14.1 Å². The molecule has 4 rings (SSSR count). The van der Waals surface area contributed by atoms with Crippen LogP contribution in [0.25, 0.3) is 22.2 Å². The molecule has 9 heteroatoms. The molecule has 0 atom stereocenters. The largest absolute Gasteiger partial charge is 0.493 e. The van der Waals surface area contributed by atoms with E-state index in [1.807, 2.05) is 36.4 Å². The van der Waals surface area contributed by atoms with Crippen LogP contribution in [0.2, 0.25) is 0 Å². The lowest BCUT2D eigenvalue weighted by atomic mass is 10.1. The molecule has 2 heterocycles. The third-order valence-corrected chi connectivity index (χ3v) is 5.80. The monoisotopic (exact) mass is 462 g/mol. The highest BCUT2D eigenvalue weighted by molar-refractivity contribution is 5.93. The number of ether oxygens (including phenoxy) is 2. The van der Waals surface area contributed by atoms with Crippen LogP contribution >= 0.6 is 0 Å². The first-order chi connectivity index (χ1) is 16.4. The number of rotatable bonds is 7. The van der Waals surface area contributed by atoms with E-state index in [1.54, 1.807) is 37.1 Å². The van der Waals surface area contributed by atoms with Gasteiger partial charge in [-0.15, -0.1) is 0 Å². The lowest BCUT2D eigenvalue weighted by molar-refractivity contribution is -0.121. The number of aryl methyl sites for hydroxylation is 1. The van der Waals surface area contributed by atoms with Gasteiger partial charge in [0, 0.05) is 38.0 Å². The quantitative estimate of drug-likeness (QED) is 0.453. The maximum absolute atomic E-state index is 13.1. The number of amides is 1. The molecule has 0 fully saturated rings. The maximum Gasteiger partial charge on any atom is 0.331 e. The van der Waals surface area contributed by atoms with Crippen LogP contribution in [0.3, 0.4) is 0 Å². The van der Waals surface area contributed by atoms with Crippen LogP contribution in [0, 0.1) is 0 Å². The molecule has 34 heavy (non-hydrogen) atoms. The summed E-state index contributed by atoms with van der Waals surface area (Å²) >= 11 is 0. The fourth-order valence-electron chi connectivity index (χ4n) is 4.12. The van der Waals surface area contributed by atoms with E-state index in [2.05, 4.69) is 5.32 Å². The average Bonchev–Trinajstić information content (AvgIpc) is 3.21. The summed E-state index contributed by atoms with van der Waals surface area (Å²) in [4.78, 5) is 38.9. The Balaban J connectivity index is 1.73. The summed E-state index contributed by atoms with van der Waals surface area (Å²) in [5.41, 5.74) is 2.08. The van der Waals surface area contributed by atoms with Crippen molar-refractivity contribution in [3.8, 4) is 22.6 Å². The molecule has 2 aromatic heterocycles. The van der Waals surface area contributed by atoms with Gasteiger partial charge in [-0.2, -0.15) is 0 Å². The molecular formula is C25H26N4O5. The van der Waals surface area contributed by atoms with Crippen molar-refractivity contribution >= 4 is 16.9 Å². The maximum atomic E-state index is 13.1. The second kappa shape index (κ2) is 9.30. The lowest BCUT2D eigenvalue weighted by Gasteiger charge is -2.14. The Morgan fingerprint density at radius 1 is 0.941 bits per heavy atom. The number of benzene rings is 2. The molecule has 0 aliphatic rings. The Hall–Kier alpha value is -4.27. The summed E-state index contributed by atoms with van der Waals surface area (Å²) in [7, 11) is 6.24. The minimum absolute atomic E-state index is 0.184. The number of fused-ring (bicyclic) bond motifs is 1. The predicted octanol–water partition coefficient (Wildman–Crippen LogP) is 2.04. The van der Waals surface area contributed by atoms with Crippen molar-refractivity contribution in [3.05, 3.63) is 81.1 Å². The molecule has 2 aromatic carbocycles. The molecular weight excluding hydrogens is 436 g/mol. The first-order valence-electron chi connectivity index (χ1n) is 10.7. The van der Waals surface area contributed by atoms with Crippen LogP contribution in [0.15, 0.2) is 64.3 Å². The molecule has 9 nitrogen and oxygen atoms in total. The minimum Gasteiger partial charge on any atom is -0.493 e. The number of nitrogens with one attached hydrogen (secondary N) is 1. The zero-order chi connectivity index (χ0) is 24.4. The molecule has 0 aliphatic heterocycles. The number of carbonyl (C=O) groups excluding carboxylic acids is 1. The predicted molar refractivity (Wildman–Crippen MR) is 129 cm³/mol. The summed E-state index contributed by atoms with van der Waals surface area (Å²) in [5.74, 6) is 0.707. The van der Waals surface area contributed by atoms with E-state index < -0.39 is 11.2 Å². The van der Waals surface area contributed by atoms with Crippen LogP contribution in [0.4, 0.5) is 0 Å². The summed E-state index contributed by atoms with van der Waals surface area (Å²) < 4.78 is 14.8. The smallest absolute Gasteiger partial charge is 0.331 e. The van der Waals surface area contributed by atoms with Gasteiger partial charge in [0.25, 0.3) is 5.56 Å². The molecule has 0 unspecified atom stereocenters. The SMILES string of the molecule is COc1cccc(CNC(=O)Cn2c(=O)n(C)c(=O)c3c2c(-c2ccccc2)cn3C)c1OC. The number of hydrogen-bond acceptors (Lipinski definition) is 5. The third kappa shape index (κ3) is 3.96. The van der Waals surface area contributed by atoms with Gasteiger partial charge in [-0.3, -0.25) is 18.7 Å². The van der Waals surface area contributed by atoms with E-state index >= 15 is 0 Å². The number of carbonyl (C=O) groups is 1. The molecule has 0 aliphatic carbocycles. The number of para-hydroxylation sites is 1. The van der Waals surface area contributed by atoms with Gasteiger partial charge in [0.15, 0.2) is 11.5 Å². The first-order valence-corrected chi connectivity index (χ1v) is 10.7. The number of methoxy groups -OCH3 is 2. The van der Waals surface area contributed by atoms with Crippen LogP contribution in [-0.2, 0) is 32.0 Å². The summed E-state index contributed by atoms with van der Waals surface area (Å²) in [6.45, 7) is -0.0667. The van der Waals surface area contributed by atoms with Crippen molar-refractivity contribution in [1.29, 1.82) is 0 Å². The van der Waals surface area contributed by atoms with Crippen molar-refractivity contribution < 1.29 is 14.3 Å². The van der Waals surface area contributed by atoms with Gasteiger partial charge >= 0.3 is 5.69 Å². The lowest BCUT2D eigenvalue weighted by Crippen LogP contribution is -2.41. The molecule has 1 N–H and O–H groups in total. The molecule has 0 spiro atoms. The van der Waals surface area contributed by atoms with Crippen molar-refractivity contribution in [2.75, 3.05) is 14.2 Å². The summed E-state index contributed by atoms with van der Waals surface area (Å²) in [6.07, 6.45) is 1.80. The van der Waals surface area contributed by atoms with Crippen LogP contribution < -0.4 is 26.0 Å². The highest BCUT2D eigenvalue weighted by Crippen LogP contribution is 2.30. The van der Waals surface area contributed by atoms with Crippen molar-refractivity contribution in [2.45, 2.75) is 13.1 Å². The second-order valence-corrected chi connectivity index (χ2v) is 7.88. The highest BCUT2D eigenvalue weighted by atomic mass is 16.5. The van der Waals surface area contributed by atoms with Crippen LogP contribution in [-0.4, -0.2) is 33.8 Å². The molecule has 4 aromatic rings. The van der Waals surface area contributed by atoms with Gasteiger partial charge in [0.2, 0.25) is 5.91 Å². The fourth-order valence-corrected chi connectivity index (χ4v) is 4.12. The van der Waals surface area contributed by atoms with Gasteiger partial charge < -0.3 is 19.4 Å². The van der Waals surface area contributed by atoms with E-state index in [4.69, 9.17) is 9.47 Å². The topological polar surface area (TPSA) is 96.5 Å². The van der Waals surface area contributed by atoms with Crippen LogP contribution in [0.1, 0.15) is 5.56 Å². The Kier molecular flexibility index (Phi) is 6.27. The zero-order valence-electron chi connectivity index (χ0n) is 19.5. The van der Waals surface area contributed by atoms with E-state index in [-0.39, 0.29) is 19.0 Å². The fraction of sp³-hybridized carbons (Fsp3) is 0.240. The molecule has 176 valence electrons. The Bertz CT molecular complexity index is 1480. The Morgan fingerprint density at radius 2 is 1.68 bits per heavy atom. The summed E-state index contributed by atoms with van der Waals surface area (Å²) in [5, 5.41) is 2.84. The van der Waals surface area contributed by atoms with E-state index in [0.29, 0.717) is 28.1 Å². The van der Waals surface area contributed by atoms with Gasteiger partial charge in [-0.05, 0) is 11.6 Å². The zero-order valence-corrected chi connectivity index (χ0v) is 19.5. The van der Waals surface area contributed by atoms with Crippen LogP contribution in [0.5, 0.6) is 11.5 Å². The van der Waals surface area contributed by atoms with E-state index in [1.165, 1.54) is 18.7 Å². The molecule has 0 bridgehead atoms. The minimum atomic E-state index is -0.560. The Labute approximate surface area is 195 Å². The van der Waals surface area contributed by atoms with Crippen molar-refractivity contribution in [1.82, 2.24) is 19.0 Å². The molecule has 0 radical (unpaired) electrons. The first kappa shape index (κ1) is 22.9. The van der Waals surface area contributed by atoms with E-state index in [9.17, 15) is 14.4 Å². The molecule has 0 saturated carbocycles. The van der Waals surface area contributed by atoms with Gasteiger partial charge in [0.1, 0.15) is 12.1 Å². The highest BCUT2D eigenvalue weighted by Gasteiger charge is 2.21. The molecule has 0 saturated heterocycles. The molecule has 1 amide bonds. The van der Waals surface area contributed by atoms with Crippen molar-refractivity contribution in [3.63, 3.8) is 0 Å². The number of nitrogens with zero attached hydrogens (tertiary/aromatic N) is 3. The van der Waals surface area contributed by atoms with Gasteiger partial charge in [-0.25, -0.2) is 4.79 Å². The number of hydrogen-bond donors (Lipinski definition) is 1.